The average Bonchev–Trinajstić information content (AvgIpc) is 2.40. The van der Waals surface area contributed by atoms with E-state index in [0.717, 1.165) is 12.8 Å². The number of aryl methyl sites for hydroxylation is 1. The Bertz CT molecular complexity index is 411. The quantitative estimate of drug-likeness (QED) is 0.891. The molecule has 1 fully saturated rings. The monoisotopic (exact) mass is 247 g/mol. The maximum Gasteiger partial charge on any atom is 0.223 e. The highest BCUT2D eigenvalue weighted by Gasteiger charge is 2.23. The van der Waals surface area contributed by atoms with Crippen LogP contribution in [0.15, 0.2) is 24.3 Å². The van der Waals surface area contributed by atoms with Crippen molar-refractivity contribution in [2.24, 2.45) is 5.92 Å². The Morgan fingerprint density at radius 2 is 2.00 bits per heavy atom. The molecule has 1 N–H and O–H groups in total. The highest BCUT2D eigenvalue weighted by atomic mass is 16.5. The van der Waals surface area contributed by atoms with Gasteiger partial charge in [0.05, 0.1) is 6.04 Å². The fourth-order valence-electron chi connectivity index (χ4n) is 2.44. The number of amides is 1. The first-order chi connectivity index (χ1) is 8.68. The van der Waals surface area contributed by atoms with Crippen molar-refractivity contribution in [3.63, 3.8) is 0 Å². The van der Waals surface area contributed by atoms with Crippen molar-refractivity contribution in [1.29, 1.82) is 0 Å². The van der Waals surface area contributed by atoms with Crippen molar-refractivity contribution < 1.29 is 9.53 Å². The third-order valence-electron chi connectivity index (χ3n) is 3.61. The summed E-state index contributed by atoms with van der Waals surface area (Å²) in [5, 5.41) is 3.11. The fraction of sp³-hybridized carbons (Fsp3) is 0.533. The van der Waals surface area contributed by atoms with Crippen molar-refractivity contribution in [1.82, 2.24) is 5.32 Å². The van der Waals surface area contributed by atoms with Crippen LogP contribution in [0.2, 0.25) is 0 Å². The predicted molar refractivity (Wildman–Crippen MR) is 71.3 cm³/mol. The van der Waals surface area contributed by atoms with E-state index in [1.165, 1.54) is 11.1 Å². The molecule has 0 spiro atoms. The van der Waals surface area contributed by atoms with E-state index < -0.39 is 0 Å². The lowest BCUT2D eigenvalue weighted by Crippen LogP contribution is -2.35. The molecule has 1 amide bonds. The first-order valence-corrected chi connectivity index (χ1v) is 6.62. The zero-order valence-electron chi connectivity index (χ0n) is 11.1. The van der Waals surface area contributed by atoms with Gasteiger partial charge in [0.1, 0.15) is 0 Å². The van der Waals surface area contributed by atoms with Gasteiger partial charge in [-0.05, 0) is 37.8 Å². The molecule has 18 heavy (non-hydrogen) atoms. The van der Waals surface area contributed by atoms with Gasteiger partial charge in [-0.15, -0.1) is 0 Å². The molecule has 0 saturated carbocycles. The molecule has 1 aromatic carbocycles. The minimum Gasteiger partial charge on any atom is -0.381 e. The lowest BCUT2D eigenvalue weighted by Gasteiger charge is -2.24. The summed E-state index contributed by atoms with van der Waals surface area (Å²) in [6.45, 7) is 5.53. The summed E-state index contributed by atoms with van der Waals surface area (Å²) in [5.41, 5.74) is 2.41. The molecule has 1 aromatic rings. The van der Waals surface area contributed by atoms with Gasteiger partial charge < -0.3 is 10.1 Å². The number of nitrogens with one attached hydrogen (secondary N) is 1. The molecule has 0 bridgehead atoms. The van der Waals surface area contributed by atoms with Crippen LogP contribution in [0.4, 0.5) is 0 Å². The molecule has 2 rings (SSSR count). The van der Waals surface area contributed by atoms with Crippen LogP contribution in [0.25, 0.3) is 0 Å². The zero-order chi connectivity index (χ0) is 13.0. The second-order valence-electron chi connectivity index (χ2n) is 4.97. The molecule has 98 valence electrons. The van der Waals surface area contributed by atoms with Crippen LogP contribution >= 0.6 is 0 Å². The van der Waals surface area contributed by atoms with Crippen LogP contribution < -0.4 is 5.32 Å². The van der Waals surface area contributed by atoms with Gasteiger partial charge in [-0.2, -0.15) is 0 Å². The minimum atomic E-state index is 0.0709. The summed E-state index contributed by atoms with van der Waals surface area (Å²) >= 11 is 0. The van der Waals surface area contributed by atoms with Crippen LogP contribution in [0.1, 0.15) is 36.9 Å². The molecule has 0 aliphatic carbocycles. The van der Waals surface area contributed by atoms with Crippen LogP contribution in [-0.2, 0) is 9.53 Å². The van der Waals surface area contributed by atoms with Gasteiger partial charge in [0.15, 0.2) is 0 Å². The van der Waals surface area contributed by atoms with E-state index in [1.807, 2.05) is 19.1 Å². The second-order valence-corrected chi connectivity index (χ2v) is 4.97. The number of ether oxygens (including phenoxy) is 1. The lowest BCUT2D eigenvalue weighted by atomic mass is 9.97. The van der Waals surface area contributed by atoms with Crippen molar-refractivity contribution in [2.45, 2.75) is 32.7 Å². The second kappa shape index (κ2) is 6.01. The smallest absolute Gasteiger partial charge is 0.223 e. The van der Waals surface area contributed by atoms with Crippen LogP contribution in [0.5, 0.6) is 0 Å². The third kappa shape index (κ3) is 3.10. The Kier molecular flexibility index (Phi) is 4.37. The Balaban J connectivity index is 1.96. The zero-order valence-corrected chi connectivity index (χ0v) is 11.1. The van der Waals surface area contributed by atoms with E-state index in [4.69, 9.17) is 4.74 Å². The number of hydrogen-bond donors (Lipinski definition) is 1. The highest BCUT2D eigenvalue weighted by Crippen LogP contribution is 2.20. The van der Waals surface area contributed by atoms with Crippen molar-refractivity contribution >= 4 is 5.91 Å². The number of carbonyl (C=O) groups is 1. The molecule has 3 nitrogen and oxygen atoms in total. The molecule has 1 unspecified atom stereocenters. The number of hydrogen-bond acceptors (Lipinski definition) is 2. The Morgan fingerprint density at radius 3 is 2.67 bits per heavy atom. The van der Waals surface area contributed by atoms with E-state index in [9.17, 15) is 4.79 Å². The van der Waals surface area contributed by atoms with Crippen LogP contribution in [-0.4, -0.2) is 19.1 Å². The first kappa shape index (κ1) is 13.1. The average molecular weight is 247 g/mol. The van der Waals surface area contributed by atoms with Crippen molar-refractivity contribution in [2.75, 3.05) is 13.2 Å². The minimum absolute atomic E-state index is 0.0709. The molecule has 0 radical (unpaired) electrons. The van der Waals surface area contributed by atoms with E-state index in [1.54, 1.807) is 0 Å². The molecule has 1 heterocycles. The standard InChI is InChI=1S/C15H21NO2/c1-11-5-3-4-6-14(11)12(2)16-15(17)13-7-9-18-10-8-13/h3-6,12-13H,7-10H2,1-2H3,(H,16,17). The van der Waals surface area contributed by atoms with Gasteiger partial charge in [-0.1, -0.05) is 24.3 Å². The highest BCUT2D eigenvalue weighted by molar-refractivity contribution is 5.79. The molecular weight excluding hydrogens is 226 g/mol. The largest absolute Gasteiger partial charge is 0.381 e. The summed E-state index contributed by atoms with van der Waals surface area (Å²) in [5.74, 6) is 0.277. The summed E-state index contributed by atoms with van der Waals surface area (Å²) < 4.78 is 5.28. The maximum absolute atomic E-state index is 12.1. The predicted octanol–water partition coefficient (Wildman–Crippen LogP) is 2.60. The fourth-order valence-corrected chi connectivity index (χ4v) is 2.44. The van der Waals surface area contributed by atoms with E-state index in [0.29, 0.717) is 13.2 Å². The maximum atomic E-state index is 12.1. The molecule has 3 heteroatoms. The molecular formula is C15H21NO2. The van der Waals surface area contributed by atoms with E-state index in [-0.39, 0.29) is 17.9 Å². The lowest BCUT2D eigenvalue weighted by molar-refractivity contribution is -0.128. The topological polar surface area (TPSA) is 38.3 Å². The summed E-state index contributed by atoms with van der Waals surface area (Å²) in [4.78, 5) is 12.1. The molecule has 1 aliphatic rings. The Hall–Kier alpha value is -1.35. The van der Waals surface area contributed by atoms with Crippen LogP contribution in [0, 0.1) is 12.8 Å². The van der Waals surface area contributed by atoms with Gasteiger partial charge in [0.2, 0.25) is 5.91 Å². The summed E-state index contributed by atoms with van der Waals surface area (Å²) in [7, 11) is 0. The van der Waals surface area contributed by atoms with E-state index >= 15 is 0 Å². The summed E-state index contributed by atoms with van der Waals surface area (Å²) in [6.07, 6.45) is 1.68. The molecule has 1 atom stereocenters. The van der Waals surface area contributed by atoms with Gasteiger partial charge >= 0.3 is 0 Å². The van der Waals surface area contributed by atoms with Crippen molar-refractivity contribution in [3.8, 4) is 0 Å². The number of rotatable bonds is 3. The van der Waals surface area contributed by atoms with Gasteiger partial charge in [-0.25, -0.2) is 0 Å². The van der Waals surface area contributed by atoms with Gasteiger partial charge in [0, 0.05) is 19.1 Å². The normalized spacial score (nSPS) is 18.3. The molecule has 1 aliphatic heterocycles. The Labute approximate surface area is 109 Å². The molecule has 1 saturated heterocycles. The van der Waals surface area contributed by atoms with Crippen molar-refractivity contribution in [3.05, 3.63) is 35.4 Å². The SMILES string of the molecule is Cc1ccccc1C(C)NC(=O)C1CCOCC1. The van der Waals surface area contributed by atoms with E-state index in [2.05, 4.69) is 24.4 Å². The number of benzene rings is 1. The number of carbonyl (C=O) groups excluding carboxylic acids is 1. The van der Waals surface area contributed by atoms with Crippen LogP contribution in [0.3, 0.4) is 0 Å². The third-order valence-corrected chi connectivity index (χ3v) is 3.61. The van der Waals surface area contributed by atoms with Gasteiger partial charge in [0.25, 0.3) is 0 Å². The summed E-state index contributed by atoms with van der Waals surface area (Å²) in [6, 6.07) is 8.25. The first-order valence-electron chi connectivity index (χ1n) is 6.62. The van der Waals surface area contributed by atoms with Gasteiger partial charge in [-0.3, -0.25) is 4.79 Å². The molecule has 0 aromatic heterocycles. The Morgan fingerprint density at radius 1 is 1.33 bits per heavy atom.